The molecule has 1 amide bonds. The molecular weight excluding hydrogens is 222 g/mol. The molecule has 1 heterocycles. The lowest BCUT2D eigenvalue weighted by molar-refractivity contribution is -0.118. The van der Waals surface area contributed by atoms with E-state index in [2.05, 4.69) is 27.0 Å². The number of aryl methyl sites for hydroxylation is 1. The summed E-state index contributed by atoms with van der Waals surface area (Å²) in [4.78, 5) is 22.0. The fourth-order valence-corrected chi connectivity index (χ4v) is 1.18. The molecule has 0 aliphatic rings. The Balaban J connectivity index is 2.84. The van der Waals surface area contributed by atoms with Crippen molar-refractivity contribution >= 4 is 11.9 Å². The van der Waals surface area contributed by atoms with Crippen molar-refractivity contribution in [3.8, 4) is 11.8 Å². The number of methoxy groups -OCH3 is 1. The van der Waals surface area contributed by atoms with Crippen LogP contribution in [0.1, 0.15) is 23.0 Å². The van der Waals surface area contributed by atoms with Crippen molar-refractivity contribution in [1.82, 2.24) is 15.1 Å². The standard InChI is InChI=1S/C11H13N3O3/c1-8(15)12-6-4-5-9-7-13-14(2)10(9)11(16)17-3/h7H,6H2,1-3H3,(H,12,15). The van der Waals surface area contributed by atoms with Crippen LogP contribution in [0.2, 0.25) is 0 Å². The topological polar surface area (TPSA) is 73.2 Å². The zero-order valence-corrected chi connectivity index (χ0v) is 9.90. The first kappa shape index (κ1) is 12.8. The Hall–Kier alpha value is -2.29. The Bertz CT molecular complexity index is 494. The molecule has 0 saturated carbocycles. The largest absolute Gasteiger partial charge is 0.464 e. The highest BCUT2D eigenvalue weighted by Crippen LogP contribution is 2.06. The lowest BCUT2D eigenvalue weighted by Gasteiger charge is -1.99. The molecule has 0 fully saturated rings. The van der Waals surface area contributed by atoms with Gasteiger partial charge in [0.1, 0.15) is 0 Å². The van der Waals surface area contributed by atoms with Crippen molar-refractivity contribution in [2.45, 2.75) is 6.92 Å². The normalized spacial score (nSPS) is 9.12. The molecule has 6 heteroatoms. The summed E-state index contributed by atoms with van der Waals surface area (Å²) in [6.45, 7) is 1.64. The van der Waals surface area contributed by atoms with Crippen molar-refractivity contribution in [2.75, 3.05) is 13.7 Å². The first-order valence-corrected chi connectivity index (χ1v) is 4.90. The third kappa shape index (κ3) is 3.34. The number of carbonyl (C=O) groups excluding carboxylic acids is 2. The average molecular weight is 235 g/mol. The summed E-state index contributed by atoms with van der Waals surface area (Å²) in [6.07, 6.45) is 1.48. The van der Waals surface area contributed by atoms with E-state index in [1.807, 2.05) is 0 Å². The van der Waals surface area contributed by atoms with Crippen molar-refractivity contribution < 1.29 is 14.3 Å². The van der Waals surface area contributed by atoms with Crippen LogP contribution >= 0.6 is 0 Å². The summed E-state index contributed by atoms with van der Waals surface area (Å²) < 4.78 is 6.02. The summed E-state index contributed by atoms with van der Waals surface area (Å²) in [7, 11) is 2.93. The number of nitrogens with zero attached hydrogens (tertiary/aromatic N) is 2. The van der Waals surface area contributed by atoms with Gasteiger partial charge in [0, 0.05) is 14.0 Å². The first-order valence-electron chi connectivity index (χ1n) is 4.90. The van der Waals surface area contributed by atoms with Crippen molar-refractivity contribution in [1.29, 1.82) is 0 Å². The first-order chi connectivity index (χ1) is 8.06. The highest BCUT2D eigenvalue weighted by atomic mass is 16.5. The van der Waals surface area contributed by atoms with Crippen LogP contribution in [0.5, 0.6) is 0 Å². The Morgan fingerprint density at radius 2 is 2.29 bits per heavy atom. The van der Waals surface area contributed by atoms with Gasteiger partial charge in [-0.3, -0.25) is 9.48 Å². The minimum Gasteiger partial charge on any atom is -0.464 e. The van der Waals surface area contributed by atoms with E-state index < -0.39 is 5.97 Å². The molecule has 6 nitrogen and oxygen atoms in total. The van der Waals surface area contributed by atoms with Crippen LogP contribution in [0.15, 0.2) is 6.20 Å². The van der Waals surface area contributed by atoms with Gasteiger partial charge in [-0.25, -0.2) is 4.79 Å². The molecule has 17 heavy (non-hydrogen) atoms. The van der Waals surface area contributed by atoms with Gasteiger partial charge in [-0.2, -0.15) is 5.10 Å². The Morgan fingerprint density at radius 3 is 2.88 bits per heavy atom. The molecule has 0 unspecified atom stereocenters. The molecule has 1 aromatic heterocycles. The highest BCUT2D eigenvalue weighted by molar-refractivity contribution is 5.90. The van der Waals surface area contributed by atoms with Crippen LogP contribution in [0.25, 0.3) is 0 Å². The van der Waals surface area contributed by atoms with Gasteiger partial charge in [0.05, 0.1) is 25.4 Å². The number of aromatic nitrogens is 2. The molecule has 0 aromatic carbocycles. The zero-order valence-electron chi connectivity index (χ0n) is 9.90. The molecule has 0 saturated heterocycles. The second-order valence-corrected chi connectivity index (χ2v) is 3.23. The Labute approximate surface area is 98.9 Å². The summed E-state index contributed by atoms with van der Waals surface area (Å²) >= 11 is 0. The fraction of sp³-hybridized carbons (Fsp3) is 0.364. The number of nitrogens with one attached hydrogen (secondary N) is 1. The lowest BCUT2D eigenvalue weighted by atomic mass is 10.2. The molecule has 1 rings (SSSR count). The molecule has 0 aliphatic carbocycles. The van der Waals surface area contributed by atoms with E-state index in [1.165, 1.54) is 24.9 Å². The maximum absolute atomic E-state index is 11.4. The minimum absolute atomic E-state index is 0.154. The SMILES string of the molecule is COC(=O)c1c(C#CCNC(C)=O)cnn1C. The quantitative estimate of drug-likeness (QED) is 0.564. The molecule has 1 N–H and O–H groups in total. The summed E-state index contributed by atoms with van der Waals surface area (Å²) in [5.41, 5.74) is 0.771. The van der Waals surface area contributed by atoms with Gasteiger partial charge in [-0.1, -0.05) is 11.8 Å². The fourth-order valence-electron chi connectivity index (χ4n) is 1.18. The minimum atomic E-state index is -0.492. The second kappa shape index (κ2) is 5.70. The maximum Gasteiger partial charge on any atom is 0.357 e. The van der Waals surface area contributed by atoms with Crippen LogP contribution in [-0.2, 0) is 16.6 Å². The third-order valence-electron chi connectivity index (χ3n) is 1.97. The molecule has 1 aromatic rings. The van der Waals surface area contributed by atoms with Gasteiger partial charge < -0.3 is 10.1 Å². The number of ether oxygens (including phenoxy) is 1. The number of esters is 1. The maximum atomic E-state index is 11.4. The van der Waals surface area contributed by atoms with E-state index in [0.29, 0.717) is 11.3 Å². The molecule has 0 atom stereocenters. The van der Waals surface area contributed by atoms with Gasteiger partial charge in [0.15, 0.2) is 5.69 Å². The molecule has 0 bridgehead atoms. The van der Waals surface area contributed by atoms with Crippen LogP contribution in [-0.4, -0.2) is 35.3 Å². The monoisotopic (exact) mass is 235 g/mol. The zero-order chi connectivity index (χ0) is 12.8. The number of carbonyl (C=O) groups is 2. The van der Waals surface area contributed by atoms with Crippen LogP contribution in [0.3, 0.4) is 0 Å². The highest BCUT2D eigenvalue weighted by Gasteiger charge is 2.15. The molecule has 0 spiro atoms. The molecule has 90 valence electrons. The Kier molecular flexibility index (Phi) is 4.29. The molecular formula is C11H13N3O3. The van der Waals surface area contributed by atoms with E-state index in [4.69, 9.17) is 0 Å². The van der Waals surface area contributed by atoms with Crippen LogP contribution in [0.4, 0.5) is 0 Å². The number of hydrogen-bond donors (Lipinski definition) is 1. The van der Waals surface area contributed by atoms with E-state index in [0.717, 1.165) is 0 Å². The number of amides is 1. The Morgan fingerprint density at radius 1 is 1.59 bits per heavy atom. The van der Waals surface area contributed by atoms with Crippen molar-refractivity contribution in [2.24, 2.45) is 7.05 Å². The number of hydrogen-bond acceptors (Lipinski definition) is 4. The van der Waals surface area contributed by atoms with E-state index in [9.17, 15) is 9.59 Å². The van der Waals surface area contributed by atoms with E-state index in [-0.39, 0.29) is 12.5 Å². The van der Waals surface area contributed by atoms with Gasteiger partial charge in [0.2, 0.25) is 5.91 Å². The van der Waals surface area contributed by atoms with Gasteiger partial charge in [-0.05, 0) is 0 Å². The average Bonchev–Trinajstić information content (AvgIpc) is 2.65. The second-order valence-electron chi connectivity index (χ2n) is 3.23. The van der Waals surface area contributed by atoms with E-state index >= 15 is 0 Å². The predicted octanol–water partition coefficient (Wildman–Crippen LogP) is -0.306. The van der Waals surface area contributed by atoms with Crippen LogP contribution in [0, 0.1) is 11.8 Å². The van der Waals surface area contributed by atoms with Crippen LogP contribution < -0.4 is 5.32 Å². The lowest BCUT2D eigenvalue weighted by Crippen LogP contribution is -2.19. The van der Waals surface area contributed by atoms with Gasteiger partial charge in [0.25, 0.3) is 0 Å². The summed E-state index contributed by atoms with van der Waals surface area (Å²) in [5, 5.41) is 6.45. The summed E-state index contributed by atoms with van der Waals surface area (Å²) in [5.74, 6) is 4.83. The summed E-state index contributed by atoms with van der Waals surface area (Å²) in [6, 6.07) is 0. The third-order valence-corrected chi connectivity index (χ3v) is 1.97. The molecule has 0 aliphatic heterocycles. The van der Waals surface area contributed by atoms with Crippen molar-refractivity contribution in [3.63, 3.8) is 0 Å². The van der Waals surface area contributed by atoms with Gasteiger partial charge >= 0.3 is 5.97 Å². The number of rotatable bonds is 2. The predicted molar refractivity (Wildman–Crippen MR) is 60.1 cm³/mol. The molecule has 0 radical (unpaired) electrons. The van der Waals surface area contributed by atoms with Gasteiger partial charge in [-0.15, -0.1) is 0 Å². The van der Waals surface area contributed by atoms with E-state index in [1.54, 1.807) is 7.05 Å². The van der Waals surface area contributed by atoms with Crippen molar-refractivity contribution in [3.05, 3.63) is 17.5 Å². The smallest absolute Gasteiger partial charge is 0.357 e.